The lowest BCUT2D eigenvalue weighted by atomic mass is 10.2. The Hall–Kier alpha value is -2.89. The molecule has 0 spiro atoms. The maximum Gasteiger partial charge on any atom is 0.356 e. The average molecular weight is 283 g/mol. The van der Waals surface area contributed by atoms with Crippen molar-refractivity contribution in [3.05, 3.63) is 54.0 Å². The Bertz CT molecular complexity index is 775. The molecule has 0 N–H and O–H groups in total. The fourth-order valence-corrected chi connectivity index (χ4v) is 1.99. The van der Waals surface area contributed by atoms with Crippen molar-refractivity contribution in [2.75, 3.05) is 7.11 Å². The third-order valence-electron chi connectivity index (χ3n) is 2.96. The highest BCUT2D eigenvalue weighted by Crippen LogP contribution is 2.22. The van der Waals surface area contributed by atoms with E-state index in [9.17, 15) is 4.79 Å². The van der Waals surface area contributed by atoms with E-state index < -0.39 is 5.97 Å². The Labute approximate surface area is 121 Å². The summed E-state index contributed by atoms with van der Waals surface area (Å²) in [6, 6.07) is 11.4. The standard InChI is InChI=1S/C15H13N3O3/c1-10-8-12(14(19)20-2)18(17-10)15-16-9-13(21-15)11-6-4-3-5-7-11/h3-9H,1-2H3. The van der Waals surface area contributed by atoms with Crippen LogP contribution in [-0.4, -0.2) is 27.8 Å². The first kappa shape index (κ1) is 13.1. The molecule has 2 heterocycles. The van der Waals surface area contributed by atoms with Crippen LogP contribution in [0.2, 0.25) is 0 Å². The lowest BCUT2D eigenvalue weighted by molar-refractivity contribution is 0.0589. The highest BCUT2D eigenvalue weighted by atomic mass is 16.5. The van der Waals surface area contributed by atoms with Crippen molar-refractivity contribution in [1.29, 1.82) is 0 Å². The quantitative estimate of drug-likeness (QED) is 0.691. The third kappa shape index (κ3) is 2.43. The summed E-state index contributed by atoms with van der Waals surface area (Å²) in [5.74, 6) is 0.115. The van der Waals surface area contributed by atoms with Gasteiger partial charge in [0.25, 0.3) is 0 Å². The molecule has 0 amide bonds. The minimum absolute atomic E-state index is 0.224. The van der Waals surface area contributed by atoms with Crippen molar-refractivity contribution in [1.82, 2.24) is 14.8 Å². The summed E-state index contributed by atoms with van der Waals surface area (Å²) in [6.45, 7) is 1.78. The van der Waals surface area contributed by atoms with Crippen LogP contribution in [0.25, 0.3) is 17.3 Å². The number of hydrogen-bond acceptors (Lipinski definition) is 5. The Balaban J connectivity index is 2.03. The van der Waals surface area contributed by atoms with E-state index in [0.717, 1.165) is 5.56 Å². The number of aromatic nitrogens is 3. The summed E-state index contributed by atoms with van der Waals surface area (Å²) >= 11 is 0. The summed E-state index contributed by atoms with van der Waals surface area (Å²) < 4.78 is 11.8. The summed E-state index contributed by atoms with van der Waals surface area (Å²) in [5.41, 5.74) is 1.85. The fraction of sp³-hybridized carbons (Fsp3) is 0.133. The summed E-state index contributed by atoms with van der Waals surface area (Å²) in [5, 5.41) is 4.22. The second-order valence-electron chi connectivity index (χ2n) is 4.45. The SMILES string of the molecule is COC(=O)c1cc(C)nn1-c1ncc(-c2ccccc2)o1. The third-order valence-corrected chi connectivity index (χ3v) is 2.96. The monoisotopic (exact) mass is 283 g/mol. The highest BCUT2D eigenvalue weighted by Gasteiger charge is 2.19. The Kier molecular flexibility index (Phi) is 3.27. The number of nitrogens with zero attached hydrogens (tertiary/aromatic N) is 3. The van der Waals surface area contributed by atoms with Gasteiger partial charge in [0.05, 0.1) is 19.0 Å². The van der Waals surface area contributed by atoms with E-state index in [0.29, 0.717) is 11.5 Å². The molecule has 3 aromatic rings. The average Bonchev–Trinajstić information content (AvgIpc) is 3.13. The highest BCUT2D eigenvalue weighted by molar-refractivity contribution is 5.88. The van der Waals surface area contributed by atoms with Crippen molar-refractivity contribution in [2.24, 2.45) is 0 Å². The van der Waals surface area contributed by atoms with E-state index in [4.69, 9.17) is 9.15 Å². The van der Waals surface area contributed by atoms with Gasteiger partial charge in [-0.2, -0.15) is 14.8 Å². The van der Waals surface area contributed by atoms with Crippen LogP contribution in [-0.2, 0) is 4.74 Å². The van der Waals surface area contributed by atoms with Crippen LogP contribution in [0.5, 0.6) is 0 Å². The minimum atomic E-state index is -0.491. The van der Waals surface area contributed by atoms with Crippen LogP contribution in [0, 0.1) is 6.92 Å². The van der Waals surface area contributed by atoms with E-state index in [-0.39, 0.29) is 11.7 Å². The number of aryl methyl sites for hydroxylation is 1. The van der Waals surface area contributed by atoms with Gasteiger partial charge in [-0.1, -0.05) is 30.3 Å². The van der Waals surface area contributed by atoms with Gasteiger partial charge in [-0.05, 0) is 13.0 Å². The Morgan fingerprint density at radius 3 is 2.76 bits per heavy atom. The molecule has 0 aliphatic rings. The number of hydrogen-bond donors (Lipinski definition) is 0. The van der Waals surface area contributed by atoms with Crippen molar-refractivity contribution in [3.63, 3.8) is 0 Å². The predicted molar refractivity (Wildman–Crippen MR) is 75.1 cm³/mol. The molecule has 0 saturated heterocycles. The molecule has 1 aromatic carbocycles. The molecule has 0 unspecified atom stereocenters. The first-order valence-electron chi connectivity index (χ1n) is 6.35. The van der Waals surface area contributed by atoms with E-state index in [1.165, 1.54) is 11.8 Å². The van der Waals surface area contributed by atoms with Crippen LogP contribution in [0.4, 0.5) is 0 Å². The van der Waals surface area contributed by atoms with E-state index in [2.05, 4.69) is 10.1 Å². The van der Waals surface area contributed by atoms with E-state index >= 15 is 0 Å². The molecule has 0 atom stereocenters. The number of rotatable bonds is 3. The molecule has 0 bridgehead atoms. The Morgan fingerprint density at radius 1 is 1.29 bits per heavy atom. The van der Waals surface area contributed by atoms with Crippen LogP contribution >= 0.6 is 0 Å². The summed E-state index contributed by atoms with van der Waals surface area (Å²) in [4.78, 5) is 15.9. The van der Waals surface area contributed by atoms with Gasteiger partial charge in [0.15, 0.2) is 11.5 Å². The molecule has 0 aliphatic carbocycles. The fourth-order valence-electron chi connectivity index (χ4n) is 1.99. The van der Waals surface area contributed by atoms with Crippen molar-refractivity contribution in [2.45, 2.75) is 6.92 Å². The van der Waals surface area contributed by atoms with Gasteiger partial charge in [0.1, 0.15) is 0 Å². The molecule has 0 aliphatic heterocycles. The van der Waals surface area contributed by atoms with Crippen LogP contribution < -0.4 is 0 Å². The molecule has 0 fully saturated rings. The van der Waals surface area contributed by atoms with Crippen LogP contribution in [0.1, 0.15) is 16.2 Å². The number of oxazole rings is 1. The minimum Gasteiger partial charge on any atom is -0.464 e. The topological polar surface area (TPSA) is 70.2 Å². The van der Waals surface area contributed by atoms with Gasteiger partial charge >= 0.3 is 12.0 Å². The largest absolute Gasteiger partial charge is 0.464 e. The maximum absolute atomic E-state index is 11.7. The van der Waals surface area contributed by atoms with Gasteiger partial charge in [-0.15, -0.1) is 0 Å². The lowest BCUT2D eigenvalue weighted by Gasteiger charge is -2.00. The van der Waals surface area contributed by atoms with Gasteiger partial charge in [-0.3, -0.25) is 0 Å². The zero-order valence-electron chi connectivity index (χ0n) is 11.6. The van der Waals surface area contributed by atoms with Crippen molar-refractivity contribution >= 4 is 5.97 Å². The smallest absolute Gasteiger partial charge is 0.356 e. The summed E-state index contributed by atoms with van der Waals surface area (Å²) in [6.07, 6.45) is 1.60. The molecular weight excluding hydrogens is 270 g/mol. The second-order valence-corrected chi connectivity index (χ2v) is 4.45. The first-order valence-corrected chi connectivity index (χ1v) is 6.35. The van der Waals surface area contributed by atoms with E-state index in [1.807, 2.05) is 30.3 Å². The first-order chi connectivity index (χ1) is 10.2. The Morgan fingerprint density at radius 2 is 2.05 bits per heavy atom. The molecule has 6 heteroatoms. The lowest BCUT2D eigenvalue weighted by Crippen LogP contribution is -2.10. The van der Waals surface area contributed by atoms with Gasteiger partial charge in [0.2, 0.25) is 0 Å². The normalized spacial score (nSPS) is 10.6. The summed E-state index contributed by atoms with van der Waals surface area (Å²) in [7, 11) is 1.32. The van der Waals surface area contributed by atoms with Gasteiger partial charge in [-0.25, -0.2) is 4.79 Å². The molecule has 0 saturated carbocycles. The van der Waals surface area contributed by atoms with E-state index in [1.54, 1.807) is 19.2 Å². The van der Waals surface area contributed by atoms with Crippen LogP contribution in [0.15, 0.2) is 47.0 Å². The number of esters is 1. The molecule has 6 nitrogen and oxygen atoms in total. The second kappa shape index (κ2) is 5.24. The number of carbonyl (C=O) groups excluding carboxylic acids is 1. The number of carbonyl (C=O) groups is 1. The van der Waals surface area contributed by atoms with Crippen molar-refractivity contribution in [3.8, 4) is 17.3 Å². The molecule has 21 heavy (non-hydrogen) atoms. The molecule has 106 valence electrons. The van der Waals surface area contributed by atoms with Crippen molar-refractivity contribution < 1.29 is 13.9 Å². The van der Waals surface area contributed by atoms with Gasteiger partial charge < -0.3 is 9.15 Å². The number of methoxy groups -OCH3 is 1. The van der Waals surface area contributed by atoms with Crippen LogP contribution in [0.3, 0.4) is 0 Å². The van der Waals surface area contributed by atoms with Gasteiger partial charge in [0, 0.05) is 5.56 Å². The predicted octanol–water partition coefficient (Wildman–Crippen LogP) is 2.62. The maximum atomic E-state index is 11.7. The molecule has 2 aromatic heterocycles. The number of benzene rings is 1. The molecular formula is C15H13N3O3. The molecule has 0 radical (unpaired) electrons. The zero-order chi connectivity index (χ0) is 14.8. The molecule has 3 rings (SSSR count). The number of ether oxygens (including phenoxy) is 1. The zero-order valence-corrected chi connectivity index (χ0v) is 11.6.